The van der Waals surface area contributed by atoms with E-state index in [1.165, 1.54) is 7.11 Å². The number of phenols is 1. The van der Waals surface area contributed by atoms with Crippen LogP contribution in [0.4, 0.5) is 0 Å². The van der Waals surface area contributed by atoms with E-state index in [0.29, 0.717) is 24.1 Å². The third kappa shape index (κ3) is 7.86. The van der Waals surface area contributed by atoms with E-state index < -0.39 is 10.1 Å². The van der Waals surface area contributed by atoms with Gasteiger partial charge in [0.1, 0.15) is 17.1 Å². The monoisotopic (exact) mass is 481 g/mol. The van der Waals surface area contributed by atoms with Crippen molar-refractivity contribution in [3.63, 3.8) is 0 Å². The van der Waals surface area contributed by atoms with Crippen molar-refractivity contribution in [1.29, 1.82) is 0 Å². The summed E-state index contributed by atoms with van der Waals surface area (Å²) >= 11 is 1.64. The van der Waals surface area contributed by atoms with Crippen molar-refractivity contribution in [2.24, 2.45) is 0 Å². The first-order valence-electron chi connectivity index (χ1n) is 9.56. The number of furan rings is 1. The number of rotatable bonds is 7. The zero-order valence-corrected chi connectivity index (χ0v) is 20.0. The van der Waals surface area contributed by atoms with Gasteiger partial charge in [0.05, 0.1) is 25.5 Å². The molecule has 10 heteroatoms. The summed E-state index contributed by atoms with van der Waals surface area (Å²) in [5, 5.41) is 11.2. The number of esters is 1. The summed E-state index contributed by atoms with van der Waals surface area (Å²) in [6.45, 7) is 0.544. The molecule has 0 saturated carbocycles. The number of thioether (sulfide) groups is 1. The van der Waals surface area contributed by atoms with E-state index >= 15 is 0 Å². The van der Waals surface area contributed by atoms with Crippen LogP contribution in [0.1, 0.15) is 16.9 Å². The average molecular weight is 482 g/mol. The Morgan fingerprint density at radius 3 is 2.31 bits per heavy atom. The molecule has 174 valence electrons. The second-order valence-electron chi connectivity index (χ2n) is 7.27. The van der Waals surface area contributed by atoms with Gasteiger partial charge in [0.2, 0.25) is 0 Å². The van der Waals surface area contributed by atoms with Crippen molar-refractivity contribution in [2.45, 2.75) is 23.6 Å². The van der Waals surface area contributed by atoms with Crippen molar-refractivity contribution < 1.29 is 32.0 Å². The number of benzene rings is 2. The maximum atomic E-state index is 12.0. The number of aromatic hydroxyl groups is 1. The van der Waals surface area contributed by atoms with E-state index in [9.17, 15) is 18.3 Å². The second kappa shape index (κ2) is 11.4. The van der Waals surface area contributed by atoms with Gasteiger partial charge in [-0.25, -0.2) is 0 Å². The number of carbonyl (C=O) groups is 1. The largest absolute Gasteiger partial charge is 0.508 e. The molecule has 0 spiro atoms. The van der Waals surface area contributed by atoms with Gasteiger partial charge >= 0.3 is 5.97 Å². The molecule has 0 atom stereocenters. The molecule has 32 heavy (non-hydrogen) atoms. The van der Waals surface area contributed by atoms with E-state index in [4.69, 9.17) is 13.7 Å². The normalized spacial score (nSPS) is 11.3. The van der Waals surface area contributed by atoms with Crippen LogP contribution in [-0.2, 0) is 38.4 Å². The molecule has 0 bridgehead atoms. The van der Waals surface area contributed by atoms with Crippen LogP contribution >= 0.6 is 11.8 Å². The van der Waals surface area contributed by atoms with Crippen LogP contribution in [0, 0.1) is 0 Å². The highest BCUT2D eigenvalue weighted by Gasteiger charge is 2.22. The van der Waals surface area contributed by atoms with E-state index in [2.05, 4.69) is 0 Å². The summed E-state index contributed by atoms with van der Waals surface area (Å²) in [6.07, 6.45) is 0.824. The van der Waals surface area contributed by atoms with Gasteiger partial charge < -0.3 is 19.2 Å². The van der Waals surface area contributed by atoms with Crippen LogP contribution in [0.25, 0.3) is 11.0 Å². The SMILES string of the molecule is COC(=O)Cc1c(CSc2ccccc2)oc2ccc(O)c(CN(C)C)c12.CS(=O)(=O)O. The molecule has 0 saturated heterocycles. The lowest BCUT2D eigenvalue weighted by Gasteiger charge is -2.13. The molecule has 0 aliphatic heterocycles. The smallest absolute Gasteiger partial charge is 0.310 e. The summed E-state index contributed by atoms with van der Waals surface area (Å²) in [5.74, 6) is 1.19. The topological polar surface area (TPSA) is 117 Å². The maximum absolute atomic E-state index is 12.0. The molecule has 1 heterocycles. The van der Waals surface area contributed by atoms with Gasteiger partial charge in [0.25, 0.3) is 10.1 Å². The number of nitrogens with zero attached hydrogens (tertiary/aromatic N) is 1. The Morgan fingerprint density at radius 1 is 1.12 bits per heavy atom. The van der Waals surface area contributed by atoms with Crippen LogP contribution in [0.15, 0.2) is 51.8 Å². The molecule has 0 radical (unpaired) electrons. The number of phenolic OH excluding ortho intramolecular Hbond substituents is 1. The lowest BCUT2D eigenvalue weighted by atomic mass is 10.0. The van der Waals surface area contributed by atoms with E-state index in [1.807, 2.05) is 49.3 Å². The highest BCUT2D eigenvalue weighted by Crippen LogP contribution is 2.37. The standard InChI is InChI=1S/C21H23NO4S.CH4O3S/c1-22(2)12-16-17(23)9-10-18-21(16)15(11-20(24)25-3)19(26-18)13-27-14-7-5-4-6-8-14;1-5(2,3)4/h4-10,23H,11-13H2,1-3H3;1H3,(H,2,3,4). The van der Waals surface area contributed by atoms with Crippen LogP contribution in [-0.4, -0.2) is 56.4 Å². The summed E-state index contributed by atoms with van der Waals surface area (Å²) < 4.78 is 36.8. The quantitative estimate of drug-likeness (QED) is 0.296. The summed E-state index contributed by atoms with van der Waals surface area (Å²) in [4.78, 5) is 15.1. The molecule has 0 aliphatic carbocycles. The van der Waals surface area contributed by atoms with Crippen molar-refractivity contribution in [2.75, 3.05) is 27.5 Å². The van der Waals surface area contributed by atoms with Crippen molar-refractivity contribution >= 4 is 38.8 Å². The van der Waals surface area contributed by atoms with Crippen LogP contribution in [0.2, 0.25) is 0 Å². The Hall–Kier alpha value is -2.53. The van der Waals surface area contributed by atoms with Gasteiger partial charge in [-0.2, -0.15) is 8.42 Å². The summed E-state index contributed by atoms with van der Waals surface area (Å²) in [6, 6.07) is 13.4. The summed E-state index contributed by atoms with van der Waals surface area (Å²) in [7, 11) is 1.58. The lowest BCUT2D eigenvalue weighted by molar-refractivity contribution is -0.139. The minimum Gasteiger partial charge on any atom is -0.508 e. The van der Waals surface area contributed by atoms with E-state index in [1.54, 1.807) is 23.9 Å². The number of methoxy groups -OCH3 is 1. The first kappa shape index (κ1) is 25.7. The van der Waals surface area contributed by atoms with Crippen molar-refractivity contribution in [3.05, 3.63) is 59.4 Å². The first-order valence-corrected chi connectivity index (χ1v) is 12.4. The van der Waals surface area contributed by atoms with Crippen LogP contribution in [0.3, 0.4) is 0 Å². The fourth-order valence-corrected chi connectivity index (χ4v) is 3.91. The molecular formula is C22H27NO7S2. The van der Waals surface area contributed by atoms with Crippen LogP contribution < -0.4 is 0 Å². The van der Waals surface area contributed by atoms with Crippen LogP contribution in [0.5, 0.6) is 5.75 Å². The Labute approximate surface area is 191 Å². The third-order valence-electron chi connectivity index (χ3n) is 4.26. The Balaban J connectivity index is 0.000000654. The van der Waals surface area contributed by atoms with Gasteiger partial charge in [-0.15, -0.1) is 11.8 Å². The number of hydrogen-bond donors (Lipinski definition) is 2. The predicted octanol–water partition coefficient (Wildman–Crippen LogP) is 3.71. The van der Waals surface area contributed by atoms with Gasteiger partial charge in [0, 0.05) is 28.0 Å². The second-order valence-corrected chi connectivity index (χ2v) is 9.78. The Morgan fingerprint density at radius 2 is 1.75 bits per heavy atom. The highest BCUT2D eigenvalue weighted by molar-refractivity contribution is 7.98. The Kier molecular flexibility index (Phi) is 9.14. The van der Waals surface area contributed by atoms with Crippen molar-refractivity contribution in [1.82, 2.24) is 4.90 Å². The predicted molar refractivity (Wildman–Crippen MR) is 124 cm³/mol. The number of hydrogen-bond acceptors (Lipinski definition) is 8. The van der Waals surface area contributed by atoms with E-state index in [-0.39, 0.29) is 18.1 Å². The van der Waals surface area contributed by atoms with Gasteiger partial charge in [-0.05, 0) is 38.4 Å². The third-order valence-corrected chi connectivity index (χ3v) is 5.27. The average Bonchev–Trinajstić information content (AvgIpc) is 3.05. The molecular weight excluding hydrogens is 454 g/mol. The Bertz CT molecular complexity index is 1150. The number of ether oxygens (including phenoxy) is 1. The molecule has 0 fully saturated rings. The zero-order valence-electron chi connectivity index (χ0n) is 18.4. The number of fused-ring (bicyclic) bond motifs is 1. The molecule has 2 aromatic carbocycles. The van der Waals surface area contributed by atoms with E-state index in [0.717, 1.165) is 27.2 Å². The van der Waals surface area contributed by atoms with Gasteiger partial charge in [-0.1, -0.05) is 18.2 Å². The maximum Gasteiger partial charge on any atom is 0.310 e. The van der Waals surface area contributed by atoms with Gasteiger partial charge in [-0.3, -0.25) is 9.35 Å². The van der Waals surface area contributed by atoms with Gasteiger partial charge in [0.15, 0.2) is 0 Å². The minimum atomic E-state index is -3.67. The molecule has 0 aliphatic rings. The molecule has 3 rings (SSSR count). The minimum absolute atomic E-state index is 0.109. The molecule has 0 unspecified atom stereocenters. The fraction of sp³-hybridized carbons (Fsp3) is 0.318. The van der Waals surface area contributed by atoms with Crippen molar-refractivity contribution in [3.8, 4) is 5.75 Å². The molecule has 2 N–H and O–H groups in total. The molecule has 0 amide bonds. The zero-order chi connectivity index (χ0) is 23.9. The highest BCUT2D eigenvalue weighted by atomic mass is 32.2. The molecule has 3 aromatic rings. The summed E-state index contributed by atoms with van der Waals surface area (Å²) in [5.41, 5.74) is 2.22. The number of carbonyl (C=O) groups excluding carboxylic acids is 1. The molecule has 1 aromatic heterocycles. The lowest BCUT2D eigenvalue weighted by Crippen LogP contribution is -2.12. The first-order chi connectivity index (χ1) is 15.0. The molecule has 8 nitrogen and oxygen atoms in total. The fourth-order valence-electron chi connectivity index (χ4n) is 3.03.